The van der Waals surface area contributed by atoms with Crippen LogP contribution < -0.4 is 10.1 Å². The Kier molecular flexibility index (Phi) is 5.52. The van der Waals surface area contributed by atoms with Crippen LogP contribution in [0.25, 0.3) is 0 Å². The van der Waals surface area contributed by atoms with Gasteiger partial charge in [-0.1, -0.05) is 6.07 Å². The molecule has 0 aliphatic rings. The molecule has 0 aromatic heterocycles. The van der Waals surface area contributed by atoms with E-state index in [1.54, 1.807) is 51.4 Å². The second-order valence-corrected chi connectivity index (χ2v) is 5.51. The smallest absolute Gasteiger partial charge is 0.259 e. The molecule has 0 saturated heterocycles. The first-order valence-corrected chi connectivity index (χ1v) is 7.37. The molecule has 0 fully saturated rings. The molecule has 6 heteroatoms. The summed E-state index contributed by atoms with van der Waals surface area (Å²) in [6, 6.07) is 10.7. The molecule has 0 atom stereocenters. The molecular formula is C18H19FN2O3. The van der Waals surface area contributed by atoms with Gasteiger partial charge >= 0.3 is 0 Å². The Morgan fingerprint density at radius 2 is 1.79 bits per heavy atom. The van der Waals surface area contributed by atoms with Gasteiger partial charge in [-0.25, -0.2) is 4.39 Å². The van der Waals surface area contributed by atoms with Crippen LogP contribution in [-0.2, 0) is 4.79 Å². The lowest BCUT2D eigenvalue weighted by atomic mass is 10.1. The third-order valence-corrected chi connectivity index (χ3v) is 3.42. The van der Waals surface area contributed by atoms with Gasteiger partial charge in [0, 0.05) is 25.3 Å². The number of ether oxygens (including phenoxy) is 1. The first-order chi connectivity index (χ1) is 11.4. The molecule has 0 aliphatic carbocycles. The molecule has 2 rings (SSSR count). The fourth-order valence-corrected chi connectivity index (χ4v) is 1.95. The lowest BCUT2D eigenvalue weighted by Gasteiger charge is -2.12. The van der Waals surface area contributed by atoms with E-state index >= 15 is 0 Å². The van der Waals surface area contributed by atoms with Crippen molar-refractivity contribution in [2.24, 2.45) is 0 Å². The summed E-state index contributed by atoms with van der Waals surface area (Å²) < 4.78 is 18.6. The Bertz CT molecular complexity index is 742. The average Bonchev–Trinajstić information content (AvgIpc) is 2.55. The van der Waals surface area contributed by atoms with Crippen LogP contribution in [0.1, 0.15) is 15.9 Å². The molecule has 1 N–H and O–H groups in total. The fraction of sp³-hybridized carbons (Fsp3) is 0.222. The molecule has 2 aromatic rings. The van der Waals surface area contributed by atoms with Crippen molar-refractivity contribution in [2.75, 3.05) is 26.0 Å². The van der Waals surface area contributed by atoms with Gasteiger partial charge in [0.05, 0.1) is 0 Å². The van der Waals surface area contributed by atoms with E-state index in [2.05, 4.69) is 5.32 Å². The summed E-state index contributed by atoms with van der Waals surface area (Å²) in [6.45, 7) is 1.69. The third kappa shape index (κ3) is 4.55. The molecular weight excluding hydrogens is 311 g/mol. The quantitative estimate of drug-likeness (QED) is 0.917. The maximum atomic E-state index is 13.3. The van der Waals surface area contributed by atoms with Crippen LogP contribution in [0.2, 0.25) is 0 Å². The van der Waals surface area contributed by atoms with E-state index in [1.165, 1.54) is 17.0 Å². The second-order valence-electron chi connectivity index (χ2n) is 5.51. The van der Waals surface area contributed by atoms with Gasteiger partial charge in [-0.2, -0.15) is 0 Å². The molecule has 5 nitrogen and oxygen atoms in total. The van der Waals surface area contributed by atoms with Crippen molar-refractivity contribution < 1.29 is 18.7 Å². The van der Waals surface area contributed by atoms with Crippen LogP contribution in [0.4, 0.5) is 10.1 Å². The molecule has 2 aromatic carbocycles. The summed E-state index contributed by atoms with van der Waals surface area (Å²) in [5, 5.41) is 2.70. The van der Waals surface area contributed by atoms with Crippen molar-refractivity contribution >= 4 is 17.5 Å². The summed E-state index contributed by atoms with van der Waals surface area (Å²) in [7, 11) is 3.30. The normalized spacial score (nSPS) is 10.2. The summed E-state index contributed by atoms with van der Waals surface area (Å²) in [6.07, 6.45) is 0. The van der Waals surface area contributed by atoms with Crippen molar-refractivity contribution in [1.29, 1.82) is 0 Å². The molecule has 0 heterocycles. The van der Waals surface area contributed by atoms with Gasteiger partial charge in [0.2, 0.25) is 0 Å². The minimum Gasteiger partial charge on any atom is -0.484 e. The number of nitrogens with one attached hydrogen (secondary N) is 1. The van der Waals surface area contributed by atoms with Crippen LogP contribution in [0.15, 0.2) is 42.5 Å². The molecule has 0 spiro atoms. The molecule has 24 heavy (non-hydrogen) atoms. The average molecular weight is 330 g/mol. The number of nitrogens with zero attached hydrogens (tertiary/aromatic N) is 1. The summed E-state index contributed by atoms with van der Waals surface area (Å²) in [5.74, 6) is -0.470. The monoisotopic (exact) mass is 330 g/mol. The van der Waals surface area contributed by atoms with Crippen molar-refractivity contribution in [3.63, 3.8) is 0 Å². The predicted octanol–water partition coefficient (Wildman–Crippen LogP) is 2.85. The molecule has 0 unspecified atom stereocenters. The number of carbonyl (C=O) groups is 2. The lowest BCUT2D eigenvalue weighted by Crippen LogP contribution is -2.27. The Hall–Kier alpha value is -2.89. The van der Waals surface area contributed by atoms with E-state index in [0.29, 0.717) is 17.0 Å². The maximum absolute atomic E-state index is 13.3. The van der Waals surface area contributed by atoms with Crippen molar-refractivity contribution in [3.8, 4) is 5.75 Å². The molecule has 126 valence electrons. The van der Waals surface area contributed by atoms with Crippen molar-refractivity contribution in [1.82, 2.24) is 4.90 Å². The Labute approximate surface area is 140 Å². The first-order valence-electron chi connectivity index (χ1n) is 7.37. The number of benzene rings is 2. The number of hydrogen-bond acceptors (Lipinski definition) is 3. The Morgan fingerprint density at radius 3 is 2.42 bits per heavy atom. The predicted molar refractivity (Wildman–Crippen MR) is 89.7 cm³/mol. The lowest BCUT2D eigenvalue weighted by molar-refractivity contribution is -0.130. The summed E-state index contributed by atoms with van der Waals surface area (Å²) >= 11 is 0. The Balaban J connectivity index is 1.99. The SMILES string of the molecule is Cc1ccc(F)cc1C(=O)Nc1ccc(OCC(=O)N(C)C)cc1. The zero-order chi connectivity index (χ0) is 17.7. The third-order valence-electron chi connectivity index (χ3n) is 3.42. The van der Waals surface area contributed by atoms with Crippen LogP contribution in [-0.4, -0.2) is 37.4 Å². The zero-order valence-electron chi connectivity index (χ0n) is 13.8. The minimum atomic E-state index is -0.458. The van der Waals surface area contributed by atoms with Gasteiger partial charge in [-0.15, -0.1) is 0 Å². The number of likely N-dealkylation sites (N-methyl/N-ethyl adjacent to an activating group) is 1. The van der Waals surface area contributed by atoms with Gasteiger partial charge in [-0.3, -0.25) is 9.59 Å². The second kappa shape index (κ2) is 7.59. The van der Waals surface area contributed by atoms with Gasteiger partial charge in [0.1, 0.15) is 11.6 Å². The fourth-order valence-electron chi connectivity index (χ4n) is 1.95. The number of aryl methyl sites for hydroxylation is 1. The highest BCUT2D eigenvalue weighted by Gasteiger charge is 2.11. The molecule has 0 bridgehead atoms. The number of hydrogen-bond donors (Lipinski definition) is 1. The Morgan fingerprint density at radius 1 is 1.12 bits per heavy atom. The number of carbonyl (C=O) groups excluding carboxylic acids is 2. The van der Waals surface area contributed by atoms with Crippen LogP contribution >= 0.6 is 0 Å². The highest BCUT2D eigenvalue weighted by molar-refractivity contribution is 6.05. The van der Waals surface area contributed by atoms with E-state index in [9.17, 15) is 14.0 Å². The largest absolute Gasteiger partial charge is 0.484 e. The standard InChI is InChI=1S/C18H19FN2O3/c1-12-4-5-13(19)10-16(12)18(23)20-14-6-8-15(9-7-14)24-11-17(22)21(2)3/h4-10H,11H2,1-3H3,(H,20,23). The van der Waals surface area contributed by atoms with E-state index < -0.39 is 5.82 Å². The zero-order valence-corrected chi connectivity index (χ0v) is 13.8. The van der Waals surface area contributed by atoms with Gasteiger partial charge in [-0.05, 0) is 48.9 Å². The van der Waals surface area contributed by atoms with E-state index in [-0.39, 0.29) is 24.0 Å². The summed E-state index contributed by atoms with van der Waals surface area (Å²) in [4.78, 5) is 25.1. The van der Waals surface area contributed by atoms with Gasteiger partial charge in [0.15, 0.2) is 6.61 Å². The first kappa shape index (κ1) is 17.5. The molecule has 0 saturated carbocycles. The van der Waals surface area contributed by atoms with Crippen LogP contribution in [0.5, 0.6) is 5.75 Å². The molecule has 2 amide bonds. The number of halogens is 1. The molecule has 0 aliphatic heterocycles. The number of amides is 2. The molecule has 0 radical (unpaired) electrons. The topological polar surface area (TPSA) is 58.6 Å². The van der Waals surface area contributed by atoms with Gasteiger partial charge in [0.25, 0.3) is 11.8 Å². The van der Waals surface area contributed by atoms with E-state index in [4.69, 9.17) is 4.74 Å². The maximum Gasteiger partial charge on any atom is 0.259 e. The highest BCUT2D eigenvalue weighted by Crippen LogP contribution is 2.18. The van der Waals surface area contributed by atoms with E-state index in [1.807, 2.05) is 0 Å². The van der Waals surface area contributed by atoms with Crippen molar-refractivity contribution in [2.45, 2.75) is 6.92 Å². The van der Waals surface area contributed by atoms with Crippen LogP contribution in [0.3, 0.4) is 0 Å². The van der Waals surface area contributed by atoms with Crippen LogP contribution in [0, 0.1) is 12.7 Å². The highest BCUT2D eigenvalue weighted by atomic mass is 19.1. The van der Waals surface area contributed by atoms with Gasteiger partial charge < -0.3 is 15.0 Å². The number of rotatable bonds is 5. The minimum absolute atomic E-state index is 0.0544. The summed E-state index contributed by atoms with van der Waals surface area (Å²) in [5.41, 5.74) is 1.53. The van der Waals surface area contributed by atoms with E-state index in [0.717, 1.165) is 0 Å². The number of anilines is 1. The van der Waals surface area contributed by atoms with Crippen molar-refractivity contribution in [3.05, 3.63) is 59.4 Å².